The van der Waals surface area contributed by atoms with Crippen molar-refractivity contribution in [1.29, 1.82) is 0 Å². The summed E-state index contributed by atoms with van der Waals surface area (Å²) in [4.78, 5) is 16.6. The summed E-state index contributed by atoms with van der Waals surface area (Å²) in [6.07, 6.45) is 1.68. The van der Waals surface area contributed by atoms with Crippen LogP contribution in [-0.2, 0) is 11.3 Å². The highest BCUT2D eigenvalue weighted by Gasteiger charge is 2.24. The van der Waals surface area contributed by atoms with Crippen LogP contribution in [0, 0.1) is 0 Å². The minimum atomic E-state index is -0.682. The molecular formula is C24H28N2O4. The molecule has 1 N–H and O–H groups in total. The van der Waals surface area contributed by atoms with Gasteiger partial charge >= 0.3 is 0 Å². The summed E-state index contributed by atoms with van der Waals surface area (Å²) < 4.78 is 13.4. The van der Waals surface area contributed by atoms with E-state index in [4.69, 9.17) is 14.5 Å². The van der Waals surface area contributed by atoms with Gasteiger partial charge in [-0.25, -0.2) is 4.98 Å². The van der Waals surface area contributed by atoms with Gasteiger partial charge in [-0.05, 0) is 49.2 Å². The number of hydrogen-bond acceptors (Lipinski definition) is 5. The molecule has 1 aliphatic rings. The molecule has 1 fully saturated rings. The molecule has 1 aromatic heterocycles. The number of hydrogen-bond donors (Lipinski definition) is 1. The van der Waals surface area contributed by atoms with E-state index < -0.39 is 6.10 Å². The van der Waals surface area contributed by atoms with Crippen molar-refractivity contribution in [3.05, 3.63) is 59.9 Å². The van der Waals surface area contributed by atoms with Crippen molar-refractivity contribution < 1.29 is 19.4 Å². The molecule has 30 heavy (non-hydrogen) atoms. The Labute approximate surface area is 176 Å². The van der Waals surface area contributed by atoms with E-state index in [1.165, 1.54) is 0 Å². The van der Waals surface area contributed by atoms with Gasteiger partial charge in [-0.2, -0.15) is 0 Å². The van der Waals surface area contributed by atoms with Crippen LogP contribution in [0.15, 0.2) is 48.5 Å². The van der Waals surface area contributed by atoms with E-state index in [0.29, 0.717) is 30.2 Å². The molecule has 2 heterocycles. The van der Waals surface area contributed by atoms with Gasteiger partial charge in [0.2, 0.25) is 0 Å². The largest absolute Gasteiger partial charge is 0.491 e. The van der Waals surface area contributed by atoms with Crippen LogP contribution in [0.3, 0.4) is 0 Å². The number of aliphatic hydroxyl groups excluding tert-OH is 1. The highest BCUT2D eigenvalue weighted by Crippen LogP contribution is 2.29. The lowest BCUT2D eigenvalue weighted by atomic mass is 9.99. The van der Waals surface area contributed by atoms with Crippen LogP contribution in [0.2, 0.25) is 0 Å². The predicted octanol–water partition coefficient (Wildman–Crippen LogP) is 3.96. The van der Waals surface area contributed by atoms with Crippen molar-refractivity contribution in [2.24, 2.45) is 0 Å². The van der Waals surface area contributed by atoms with Gasteiger partial charge in [-0.3, -0.25) is 4.79 Å². The molecule has 1 saturated heterocycles. The second-order valence-electron chi connectivity index (χ2n) is 7.72. The predicted molar refractivity (Wildman–Crippen MR) is 115 cm³/mol. The molecule has 4 rings (SSSR count). The van der Waals surface area contributed by atoms with Gasteiger partial charge in [0.1, 0.15) is 24.3 Å². The van der Waals surface area contributed by atoms with E-state index in [1.807, 2.05) is 31.2 Å². The first-order valence-electron chi connectivity index (χ1n) is 10.6. The molecule has 0 saturated carbocycles. The first-order valence-corrected chi connectivity index (χ1v) is 10.6. The molecule has 3 aromatic rings. The molecule has 0 amide bonds. The zero-order valence-corrected chi connectivity index (χ0v) is 17.3. The van der Waals surface area contributed by atoms with Crippen LogP contribution < -0.4 is 4.74 Å². The summed E-state index contributed by atoms with van der Waals surface area (Å²) in [5.74, 6) is 2.10. The average Bonchev–Trinajstić information content (AvgIpc) is 3.16. The third-order valence-corrected chi connectivity index (χ3v) is 5.60. The third-order valence-electron chi connectivity index (χ3n) is 5.60. The maximum Gasteiger partial charge on any atom is 0.162 e. The topological polar surface area (TPSA) is 73.6 Å². The number of Topliss-reactive ketones (excluding diaryl/α,β-unsaturated/α-hetero) is 1. The second kappa shape index (κ2) is 9.41. The summed E-state index contributed by atoms with van der Waals surface area (Å²) in [5, 5.41) is 10.7. The number of benzene rings is 2. The van der Waals surface area contributed by atoms with Crippen LogP contribution in [0.25, 0.3) is 11.0 Å². The Balaban J connectivity index is 1.46. The number of aliphatic hydroxyl groups is 1. The number of ether oxygens (including phenoxy) is 2. The number of imidazole rings is 1. The van der Waals surface area contributed by atoms with Gasteiger partial charge in [0, 0.05) is 31.1 Å². The van der Waals surface area contributed by atoms with Crippen molar-refractivity contribution in [3.63, 3.8) is 0 Å². The minimum absolute atomic E-state index is 0.106. The van der Waals surface area contributed by atoms with Crippen LogP contribution >= 0.6 is 0 Å². The number of rotatable bonds is 8. The second-order valence-corrected chi connectivity index (χ2v) is 7.72. The Morgan fingerprint density at radius 3 is 2.67 bits per heavy atom. The maximum absolute atomic E-state index is 11.7. The molecule has 0 radical (unpaired) electrons. The van der Waals surface area contributed by atoms with Gasteiger partial charge in [0.25, 0.3) is 0 Å². The summed E-state index contributed by atoms with van der Waals surface area (Å²) in [5.41, 5.74) is 2.65. The lowest BCUT2D eigenvalue weighted by Crippen LogP contribution is -2.26. The number of carbonyl (C=O) groups is 1. The Morgan fingerprint density at radius 2 is 1.93 bits per heavy atom. The Kier molecular flexibility index (Phi) is 6.45. The fourth-order valence-corrected chi connectivity index (χ4v) is 3.95. The normalized spacial score (nSPS) is 15.9. The number of carbonyl (C=O) groups excluding carboxylic acids is 1. The zero-order chi connectivity index (χ0) is 20.9. The lowest BCUT2D eigenvalue weighted by molar-refractivity contribution is 0.0780. The highest BCUT2D eigenvalue weighted by atomic mass is 16.5. The van der Waals surface area contributed by atoms with Crippen molar-refractivity contribution in [2.75, 3.05) is 19.8 Å². The summed E-state index contributed by atoms with van der Waals surface area (Å²) >= 11 is 0. The molecule has 6 heteroatoms. The van der Waals surface area contributed by atoms with E-state index >= 15 is 0 Å². The number of ketones is 1. The van der Waals surface area contributed by atoms with Crippen LogP contribution in [0.5, 0.6) is 5.75 Å². The first-order chi connectivity index (χ1) is 14.7. The van der Waals surface area contributed by atoms with Crippen molar-refractivity contribution in [1.82, 2.24) is 9.55 Å². The fourth-order valence-electron chi connectivity index (χ4n) is 3.95. The highest BCUT2D eigenvalue weighted by molar-refractivity contribution is 5.95. The molecule has 2 aromatic carbocycles. The van der Waals surface area contributed by atoms with Crippen molar-refractivity contribution in [2.45, 2.75) is 44.8 Å². The van der Waals surface area contributed by atoms with Gasteiger partial charge in [-0.15, -0.1) is 0 Å². The van der Waals surface area contributed by atoms with Gasteiger partial charge < -0.3 is 19.1 Å². The molecule has 1 aliphatic heterocycles. The molecule has 0 aliphatic carbocycles. The molecule has 158 valence electrons. The monoisotopic (exact) mass is 408 g/mol. The summed E-state index contributed by atoms with van der Waals surface area (Å²) in [6.45, 7) is 3.92. The van der Waals surface area contributed by atoms with E-state index in [1.54, 1.807) is 24.3 Å². The Morgan fingerprint density at radius 1 is 1.20 bits per heavy atom. The number of fused-ring (bicyclic) bond motifs is 1. The quantitative estimate of drug-likeness (QED) is 0.571. The number of para-hydroxylation sites is 2. The van der Waals surface area contributed by atoms with Gasteiger partial charge in [0.15, 0.2) is 5.78 Å². The van der Waals surface area contributed by atoms with E-state index in [-0.39, 0.29) is 12.4 Å². The van der Waals surface area contributed by atoms with E-state index in [0.717, 1.165) is 42.9 Å². The van der Waals surface area contributed by atoms with Crippen LogP contribution in [0.4, 0.5) is 0 Å². The minimum Gasteiger partial charge on any atom is -0.491 e. The third kappa shape index (κ3) is 4.55. The lowest BCUT2D eigenvalue weighted by Gasteiger charge is -2.23. The Bertz CT molecular complexity index is 990. The van der Waals surface area contributed by atoms with E-state index in [9.17, 15) is 9.90 Å². The van der Waals surface area contributed by atoms with Crippen LogP contribution in [0.1, 0.15) is 48.3 Å². The standard InChI is InChI=1S/C24H28N2O4/c1-2-23(28)17-7-9-20(10-8-17)30-16-19(27)15-26-22-6-4-3-5-21(22)25-24(26)18-11-13-29-14-12-18/h3-10,18-19,27H,2,11-16H2,1H3. The molecule has 1 atom stereocenters. The Hall–Kier alpha value is -2.70. The SMILES string of the molecule is CCC(=O)c1ccc(OCC(O)Cn2c(C3CCOCC3)nc3ccccc32)cc1. The molecule has 6 nitrogen and oxygen atoms in total. The summed E-state index contributed by atoms with van der Waals surface area (Å²) in [7, 11) is 0. The van der Waals surface area contributed by atoms with Crippen LogP contribution in [-0.4, -0.2) is 46.4 Å². The van der Waals surface area contributed by atoms with Crippen molar-refractivity contribution in [3.8, 4) is 5.75 Å². The van der Waals surface area contributed by atoms with E-state index in [2.05, 4.69) is 4.57 Å². The maximum atomic E-state index is 11.7. The molecule has 0 bridgehead atoms. The molecule has 0 spiro atoms. The smallest absolute Gasteiger partial charge is 0.162 e. The number of nitrogens with zero attached hydrogens (tertiary/aromatic N) is 2. The molecular weight excluding hydrogens is 380 g/mol. The molecule has 1 unspecified atom stereocenters. The first kappa shape index (κ1) is 20.6. The summed E-state index contributed by atoms with van der Waals surface area (Å²) in [6, 6.07) is 15.1. The zero-order valence-electron chi connectivity index (χ0n) is 17.3. The fraction of sp³-hybridized carbons (Fsp3) is 0.417. The average molecular weight is 408 g/mol. The van der Waals surface area contributed by atoms with Gasteiger partial charge in [0.05, 0.1) is 17.6 Å². The van der Waals surface area contributed by atoms with Gasteiger partial charge in [-0.1, -0.05) is 19.1 Å². The number of aromatic nitrogens is 2. The van der Waals surface area contributed by atoms with Crippen molar-refractivity contribution >= 4 is 16.8 Å².